The Balaban J connectivity index is 1.60. The average molecular weight is 393 g/mol. The molecule has 5 nitrogen and oxygen atoms in total. The van der Waals surface area contributed by atoms with E-state index in [9.17, 15) is 18.0 Å². The Morgan fingerprint density at radius 2 is 1.96 bits per heavy atom. The molecule has 2 atom stereocenters. The first kappa shape index (κ1) is 20.0. The van der Waals surface area contributed by atoms with Crippen LogP contribution in [-0.2, 0) is 11.0 Å². The van der Waals surface area contributed by atoms with Crippen LogP contribution in [0.25, 0.3) is 0 Å². The lowest BCUT2D eigenvalue weighted by molar-refractivity contribution is -0.141. The van der Waals surface area contributed by atoms with Crippen LogP contribution in [0.1, 0.15) is 37.6 Å². The van der Waals surface area contributed by atoms with E-state index in [1.165, 1.54) is 13.0 Å². The number of halogens is 3. The molecule has 1 aromatic carbocycles. The number of benzene rings is 1. The topological polar surface area (TPSA) is 54.5 Å². The van der Waals surface area contributed by atoms with Gasteiger partial charge in [-0.1, -0.05) is 18.2 Å². The highest BCUT2D eigenvalue weighted by atomic mass is 19.4. The van der Waals surface area contributed by atoms with Crippen molar-refractivity contribution in [3.8, 4) is 5.75 Å². The number of carbonyl (C=O) groups excluding carboxylic acids is 1. The Bertz CT molecular complexity index is 824. The van der Waals surface area contributed by atoms with Crippen LogP contribution in [0.3, 0.4) is 0 Å². The van der Waals surface area contributed by atoms with Gasteiger partial charge in [-0.05, 0) is 36.8 Å². The van der Waals surface area contributed by atoms with Crippen LogP contribution < -0.4 is 15.0 Å². The monoisotopic (exact) mass is 393 g/mol. The summed E-state index contributed by atoms with van der Waals surface area (Å²) in [5, 5.41) is 2.82. The van der Waals surface area contributed by atoms with Crippen LogP contribution >= 0.6 is 0 Å². The van der Waals surface area contributed by atoms with Gasteiger partial charge in [0.15, 0.2) is 0 Å². The number of anilines is 1. The molecule has 150 valence electrons. The number of nitrogens with zero attached hydrogens (tertiary/aromatic N) is 2. The molecule has 1 fully saturated rings. The van der Waals surface area contributed by atoms with Gasteiger partial charge in [-0.2, -0.15) is 13.2 Å². The highest BCUT2D eigenvalue weighted by Gasteiger charge is 2.33. The molecule has 0 saturated carbocycles. The largest absolute Gasteiger partial charge is 0.489 e. The molecule has 1 amide bonds. The molecule has 0 bridgehead atoms. The maximum atomic E-state index is 12.8. The molecule has 28 heavy (non-hydrogen) atoms. The maximum absolute atomic E-state index is 12.8. The second-order valence-corrected chi connectivity index (χ2v) is 6.84. The number of nitrogens with one attached hydrogen (secondary N) is 1. The maximum Gasteiger partial charge on any atom is 0.433 e. The number of pyridine rings is 1. The van der Waals surface area contributed by atoms with Crippen molar-refractivity contribution >= 4 is 11.7 Å². The smallest absolute Gasteiger partial charge is 0.433 e. The van der Waals surface area contributed by atoms with E-state index in [1.54, 1.807) is 11.0 Å². The predicted octanol–water partition coefficient (Wildman–Crippen LogP) is 3.96. The second kappa shape index (κ2) is 8.08. The van der Waals surface area contributed by atoms with Crippen LogP contribution in [0.2, 0.25) is 0 Å². The van der Waals surface area contributed by atoms with Crippen molar-refractivity contribution in [2.24, 2.45) is 0 Å². The van der Waals surface area contributed by atoms with E-state index in [4.69, 9.17) is 4.74 Å². The molecule has 1 N–H and O–H groups in total. The average Bonchev–Trinajstić information content (AvgIpc) is 3.10. The number of hydrogen-bond acceptors (Lipinski definition) is 4. The zero-order chi connectivity index (χ0) is 20.3. The van der Waals surface area contributed by atoms with Crippen LogP contribution in [0.4, 0.5) is 19.0 Å². The Morgan fingerprint density at radius 3 is 2.61 bits per heavy atom. The van der Waals surface area contributed by atoms with Crippen LogP contribution in [0.15, 0.2) is 42.5 Å². The summed E-state index contributed by atoms with van der Waals surface area (Å²) in [5.41, 5.74) is 0.0713. The van der Waals surface area contributed by atoms with Gasteiger partial charge in [0.2, 0.25) is 5.91 Å². The summed E-state index contributed by atoms with van der Waals surface area (Å²) >= 11 is 0. The van der Waals surface area contributed by atoms with Gasteiger partial charge in [-0.3, -0.25) is 4.79 Å². The van der Waals surface area contributed by atoms with Crippen molar-refractivity contribution in [3.05, 3.63) is 53.7 Å². The molecule has 1 saturated heterocycles. The van der Waals surface area contributed by atoms with E-state index in [2.05, 4.69) is 10.3 Å². The summed E-state index contributed by atoms with van der Waals surface area (Å²) in [7, 11) is 0. The van der Waals surface area contributed by atoms with Gasteiger partial charge in [-0.25, -0.2) is 4.98 Å². The molecule has 0 aliphatic carbocycles. The molecule has 1 aliphatic heterocycles. The van der Waals surface area contributed by atoms with Crippen molar-refractivity contribution < 1.29 is 22.7 Å². The molecule has 2 heterocycles. The van der Waals surface area contributed by atoms with Crippen LogP contribution in [0.5, 0.6) is 5.75 Å². The lowest BCUT2D eigenvalue weighted by Crippen LogP contribution is -2.26. The number of aromatic nitrogens is 1. The summed E-state index contributed by atoms with van der Waals surface area (Å²) < 4.78 is 44.5. The number of rotatable bonds is 5. The van der Waals surface area contributed by atoms with E-state index in [0.29, 0.717) is 31.1 Å². The molecule has 2 aromatic rings. The zero-order valence-electron chi connectivity index (χ0n) is 15.7. The first-order valence-electron chi connectivity index (χ1n) is 9.05. The van der Waals surface area contributed by atoms with Crippen molar-refractivity contribution in [1.29, 1.82) is 0 Å². The first-order chi connectivity index (χ1) is 13.2. The predicted molar refractivity (Wildman–Crippen MR) is 99.2 cm³/mol. The minimum atomic E-state index is -4.46. The van der Waals surface area contributed by atoms with Crippen molar-refractivity contribution in [3.63, 3.8) is 0 Å². The van der Waals surface area contributed by atoms with Crippen molar-refractivity contribution in [2.75, 3.05) is 18.0 Å². The summed E-state index contributed by atoms with van der Waals surface area (Å²) in [6.45, 7) is 4.42. The Labute approximate surface area is 161 Å². The molecule has 0 radical (unpaired) electrons. The normalized spacial score (nSPS) is 18.0. The summed E-state index contributed by atoms with van der Waals surface area (Å²) in [6, 6.07) is 11.3. The number of carbonyl (C=O) groups is 1. The Kier molecular flexibility index (Phi) is 5.76. The SMILES string of the molecule is CC(=O)N[C@@H](C)c1ccc(OC2CCN(c3cccc(C(F)(F)F)n3)C2)cc1. The van der Waals surface area contributed by atoms with E-state index >= 15 is 0 Å². The fraction of sp³-hybridized carbons (Fsp3) is 0.400. The molecular formula is C20H22F3N3O2. The summed E-state index contributed by atoms with van der Waals surface area (Å²) in [4.78, 5) is 16.7. The third-order valence-electron chi connectivity index (χ3n) is 4.60. The van der Waals surface area contributed by atoms with Gasteiger partial charge in [-0.15, -0.1) is 0 Å². The molecular weight excluding hydrogens is 371 g/mol. The zero-order valence-corrected chi connectivity index (χ0v) is 15.7. The fourth-order valence-corrected chi connectivity index (χ4v) is 3.21. The standard InChI is InChI=1S/C20H22F3N3O2/c1-13(24-14(2)27)15-6-8-16(9-7-15)28-17-10-11-26(12-17)19-5-3-4-18(25-19)20(21,22)23/h3-9,13,17H,10-12H2,1-2H3,(H,24,27)/t13-,17?/m0/s1. The third kappa shape index (κ3) is 4.94. The van der Waals surface area contributed by atoms with E-state index in [-0.39, 0.29) is 18.1 Å². The Hall–Kier alpha value is -2.77. The van der Waals surface area contributed by atoms with Gasteiger partial charge in [0, 0.05) is 19.9 Å². The van der Waals surface area contributed by atoms with Crippen LogP contribution in [-0.4, -0.2) is 30.1 Å². The number of hydrogen-bond donors (Lipinski definition) is 1. The van der Waals surface area contributed by atoms with E-state index in [1.807, 2.05) is 31.2 Å². The second-order valence-electron chi connectivity index (χ2n) is 6.84. The summed E-state index contributed by atoms with van der Waals surface area (Å²) in [6.07, 6.45) is -3.89. The molecule has 8 heteroatoms. The fourth-order valence-electron chi connectivity index (χ4n) is 3.21. The first-order valence-corrected chi connectivity index (χ1v) is 9.05. The van der Waals surface area contributed by atoms with Gasteiger partial charge in [0.05, 0.1) is 12.6 Å². The van der Waals surface area contributed by atoms with Crippen molar-refractivity contribution in [2.45, 2.75) is 38.6 Å². The third-order valence-corrected chi connectivity index (χ3v) is 4.60. The quantitative estimate of drug-likeness (QED) is 0.836. The van der Waals surface area contributed by atoms with Crippen molar-refractivity contribution in [1.82, 2.24) is 10.3 Å². The van der Waals surface area contributed by atoms with Gasteiger partial charge in [0.25, 0.3) is 0 Å². The molecule has 1 aliphatic rings. The highest BCUT2D eigenvalue weighted by molar-refractivity contribution is 5.73. The van der Waals surface area contributed by atoms with Gasteiger partial charge < -0.3 is 15.0 Å². The number of amides is 1. The van der Waals surface area contributed by atoms with Gasteiger partial charge in [0.1, 0.15) is 23.4 Å². The molecule has 3 rings (SSSR count). The summed E-state index contributed by atoms with van der Waals surface area (Å²) in [5.74, 6) is 0.894. The van der Waals surface area contributed by atoms with E-state index in [0.717, 1.165) is 11.6 Å². The van der Waals surface area contributed by atoms with Crippen LogP contribution in [0, 0.1) is 0 Å². The molecule has 1 aromatic heterocycles. The number of alkyl halides is 3. The van der Waals surface area contributed by atoms with E-state index < -0.39 is 11.9 Å². The molecule has 0 spiro atoms. The number of ether oxygens (including phenoxy) is 1. The lowest BCUT2D eigenvalue weighted by Gasteiger charge is -2.19. The molecule has 1 unspecified atom stereocenters. The minimum Gasteiger partial charge on any atom is -0.489 e. The highest BCUT2D eigenvalue weighted by Crippen LogP contribution is 2.30. The minimum absolute atomic E-state index is 0.0953. The van der Waals surface area contributed by atoms with Gasteiger partial charge >= 0.3 is 6.18 Å². The Morgan fingerprint density at radius 1 is 1.25 bits per heavy atom. The lowest BCUT2D eigenvalue weighted by atomic mass is 10.1.